The lowest BCUT2D eigenvalue weighted by Gasteiger charge is -2.31. The van der Waals surface area contributed by atoms with E-state index in [1.807, 2.05) is 65.1 Å². The van der Waals surface area contributed by atoms with E-state index in [1.165, 1.54) is 6.92 Å². The molecule has 1 N–H and O–H groups in total. The van der Waals surface area contributed by atoms with Crippen LogP contribution in [-0.4, -0.2) is 52.3 Å². The number of nitrogens with zero attached hydrogens (tertiary/aromatic N) is 5. The molecule has 1 saturated heterocycles. The first-order chi connectivity index (χ1) is 18.0. The molecule has 2 aliphatic heterocycles. The Labute approximate surface area is 214 Å². The summed E-state index contributed by atoms with van der Waals surface area (Å²) in [7, 11) is 1.96. The van der Waals surface area contributed by atoms with Crippen molar-refractivity contribution in [2.24, 2.45) is 0 Å². The number of anilines is 2. The summed E-state index contributed by atoms with van der Waals surface area (Å²) in [6.45, 7) is 2.94. The number of piperidine rings is 1. The molecule has 8 heteroatoms. The van der Waals surface area contributed by atoms with Crippen molar-refractivity contribution in [1.29, 1.82) is 5.26 Å². The van der Waals surface area contributed by atoms with Crippen LogP contribution in [0.3, 0.4) is 0 Å². The minimum atomic E-state index is -0.104. The standard InChI is InChI=1S/C29H26N6O2/c1-18(36)35-27-23(8-9-24(28(27)35)29(37)33-13-11-22(31-2)12-14-33)21-7-10-26-32-16-25(34(26)17-21)20-5-3-19(15-30)4-6-20/h3-10,16-17,22,31H,11-14H2,1-2H3. The van der Waals surface area contributed by atoms with Crippen LogP contribution in [0.25, 0.3) is 28.0 Å². The number of amides is 2. The summed E-state index contributed by atoms with van der Waals surface area (Å²) in [6, 6.07) is 17.7. The molecule has 0 spiro atoms. The average Bonchev–Trinajstić information content (AvgIpc) is 3.56. The van der Waals surface area contributed by atoms with Gasteiger partial charge in [-0.2, -0.15) is 5.26 Å². The topological polar surface area (TPSA) is 93.5 Å². The third-order valence-electron chi connectivity index (χ3n) is 7.41. The molecule has 0 bridgehead atoms. The van der Waals surface area contributed by atoms with Crippen LogP contribution in [0.5, 0.6) is 0 Å². The number of carbonyl (C=O) groups excluding carboxylic acids is 2. The number of hydrogen-bond acceptors (Lipinski definition) is 5. The third-order valence-corrected chi connectivity index (χ3v) is 7.41. The van der Waals surface area contributed by atoms with Crippen molar-refractivity contribution in [3.63, 3.8) is 0 Å². The molecule has 0 atom stereocenters. The van der Waals surface area contributed by atoms with Crippen LogP contribution < -0.4 is 10.2 Å². The second-order valence-electron chi connectivity index (χ2n) is 9.55. The van der Waals surface area contributed by atoms with Gasteiger partial charge in [-0.1, -0.05) is 18.2 Å². The van der Waals surface area contributed by atoms with Gasteiger partial charge in [0.15, 0.2) is 0 Å². The molecule has 4 aromatic rings. The molecule has 2 aromatic carbocycles. The van der Waals surface area contributed by atoms with Gasteiger partial charge in [0, 0.05) is 48.9 Å². The third kappa shape index (κ3) is 3.85. The number of rotatable bonds is 4. The van der Waals surface area contributed by atoms with Crippen LogP contribution in [0.2, 0.25) is 0 Å². The first-order valence-electron chi connectivity index (χ1n) is 12.4. The number of hydrogen-bond donors (Lipinski definition) is 1. The Morgan fingerprint density at radius 2 is 1.73 bits per heavy atom. The van der Waals surface area contributed by atoms with Gasteiger partial charge < -0.3 is 10.2 Å². The number of aromatic nitrogens is 2. The van der Waals surface area contributed by atoms with Crippen molar-refractivity contribution < 1.29 is 9.59 Å². The Morgan fingerprint density at radius 1 is 1.00 bits per heavy atom. The number of nitriles is 1. The van der Waals surface area contributed by atoms with Gasteiger partial charge in [0.1, 0.15) is 5.65 Å². The Balaban J connectivity index is 1.37. The number of fused-ring (bicyclic) bond motifs is 2. The zero-order valence-electron chi connectivity index (χ0n) is 20.7. The predicted octanol–water partition coefficient (Wildman–Crippen LogP) is 4.36. The number of imidazole rings is 1. The van der Waals surface area contributed by atoms with Crippen LogP contribution >= 0.6 is 0 Å². The maximum absolute atomic E-state index is 13.4. The Kier molecular flexibility index (Phi) is 5.50. The molecule has 0 radical (unpaired) electrons. The fourth-order valence-corrected chi connectivity index (χ4v) is 5.32. The fourth-order valence-electron chi connectivity index (χ4n) is 5.32. The predicted molar refractivity (Wildman–Crippen MR) is 142 cm³/mol. The maximum Gasteiger partial charge on any atom is 0.256 e. The van der Waals surface area contributed by atoms with Crippen molar-refractivity contribution in [3.05, 3.63) is 72.1 Å². The number of pyridine rings is 1. The highest BCUT2D eigenvalue weighted by molar-refractivity contribution is 6.25. The van der Waals surface area contributed by atoms with Gasteiger partial charge in [0.25, 0.3) is 5.91 Å². The summed E-state index contributed by atoms with van der Waals surface area (Å²) < 4.78 is 2.01. The van der Waals surface area contributed by atoms with Crippen molar-refractivity contribution in [1.82, 2.24) is 19.6 Å². The quantitative estimate of drug-likeness (QED) is 0.429. The van der Waals surface area contributed by atoms with E-state index in [1.54, 1.807) is 17.0 Å². The van der Waals surface area contributed by atoms with E-state index in [9.17, 15) is 9.59 Å². The van der Waals surface area contributed by atoms with E-state index in [2.05, 4.69) is 16.4 Å². The molecule has 184 valence electrons. The highest BCUT2D eigenvalue weighted by Gasteiger charge is 2.42. The molecule has 1 fully saturated rings. The Morgan fingerprint density at radius 3 is 2.41 bits per heavy atom. The summed E-state index contributed by atoms with van der Waals surface area (Å²) in [5.41, 5.74) is 7.17. The van der Waals surface area contributed by atoms with Gasteiger partial charge in [-0.15, -0.1) is 0 Å². The normalized spacial score (nSPS) is 14.9. The molecule has 0 aliphatic carbocycles. The summed E-state index contributed by atoms with van der Waals surface area (Å²) in [5.74, 6) is -0.123. The largest absolute Gasteiger partial charge is 0.338 e. The van der Waals surface area contributed by atoms with Crippen LogP contribution in [-0.2, 0) is 4.79 Å². The summed E-state index contributed by atoms with van der Waals surface area (Å²) in [4.78, 5) is 33.9. The molecule has 0 unspecified atom stereocenters. The maximum atomic E-state index is 13.4. The first-order valence-corrected chi connectivity index (χ1v) is 12.4. The summed E-state index contributed by atoms with van der Waals surface area (Å²) in [5, 5.41) is 12.4. The van der Waals surface area contributed by atoms with E-state index in [-0.39, 0.29) is 11.8 Å². The van der Waals surface area contributed by atoms with Crippen molar-refractivity contribution in [2.45, 2.75) is 25.8 Å². The molecule has 8 nitrogen and oxygen atoms in total. The van der Waals surface area contributed by atoms with Crippen molar-refractivity contribution >= 4 is 28.8 Å². The SMILES string of the molecule is CNC1CCN(C(=O)c2ccc(-c3ccc4ncc(-c5ccc(C#N)cc5)n4c3)c3c2N3C(C)=O)CC1. The molecular weight excluding hydrogens is 464 g/mol. The van der Waals surface area contributed by atoms with Gasteiger partial charge in [-0.05, 0) is 50.2 Å². The first kappa shape index (κ1) is 23.0. The molecule has 2 aromatic heterocycles. The van der Waals surface area contributed by atoms with E-state index < -0.39 is 0 Å². The summed E-state index contributed by atoms with van der Waals surface area (Å²) in [6.07, 6.45) is 5.66. The highest BCUT2D eigenvalue weighted by Crippen LogP contribution is 2.56. The number of nitrogens with one attached hydrogen (secondary N) is 1. The van der Waals surface area contributed by atoms with Crippen LogP contribution in [0.1, 0.15) is 35.7 Å². The molecular formula is C29H26N6O2. The van der Waals surface area contributed by atoms with Gasteiger partial charge >= 0.3 is 0 Å². The van der Waals surface area contributed by atoms with Gasteiger partial charge in [-0.25, -0.2) is 4.98 Å². The molecule has 2 aliphatic rings. The van der Waals surface area contributed by atoms with Gasteiger partial charge in [0.2, 0.25) is 5.91 Å². The molecule has 0 saturated carbocycles. The molecule has 4 heterocycles. The smallest absolute Gasteiger partial charge is 0.256 e. The second-order valence-corrected chi connectivity index (χ2v) is 9.55. The Hall–Kier alpha value is -4.48. The molecule has 2 amide bonds. The van der Waals surface area contributed by atoms with Crippen LogP contribution in [0.4, 0.5) is 11.4 Å². The zero-order valence-corrected chi connectivity index (χ0v) is 20.7. The van der Waals surface area contributed by atoms with E-state index in [4.69, 9.17) is 5.26 Å². The lowest BCUT2D eigenvalue weighted by atomic mass is 10.0. The zero-order chi connectivity index (χ0) is 25.7. The lowest BCUT2D eigenvalue weighted by molar-refractivity contribution is -0.115. The number of carbonyl (C=O) groups is 2. The van der Waals surface area contributed by atoms with Crippen LogP contribution in [0.15, 0.2) is 60.9 Å². The van der Waals surface area contributed by atoms with Crippen molar-refractivity contribution in [2.75, 3.05) is 25.0 Å². The number of benzene rings is 2. The lowest BCUT2D eigenvalue weighted by Crippen LogP contribution is -2.43. The fraction of sp³-hybridized carbons (Fsp3) is 0.241. The van der Waals surface area contributed by atoms with E-state index >= 15 is 0 Å². The van der Waals surface area contributed by atoms with E-state index in [0.29, 0.717) is 35.9 Å². The number of likely N-dealkylation sites (tertiary alicyclic amines) is 1. The second kappa shape index (κ2) is 8.87. The minimum absolute atomic E-state index is 0.0192. The average molecular weight is 491 g/mol. The van der Waals surface area contributed by atoms with Gasteiger partial charge in [-0.3, -0.25) is 18.9 Å². The van der Waals surface area contributed by atoms with E-state index in [0.717, 1.165) is 46.6 Å². The van der Waals surface area contributed by atoms with Crippen molar-refractivity contribution in [3.8, 4) is 28.5 Å². The Bertz CT molecular complexity index is 1590. The molecule has 6 rings (SSSR count). The molecule has 37 heavy (non-hydrogen) atoms. The monoisotopic (exact) mass is 490 g/mol. The minimum Gasteiger partial charge on any atom is -0.338 e. The van der Waals surface area contributed by atoms with Gasteiger partial charge in [0.05, 0.1) is 40.5 Å². The van der Waals surface area contributed by atoms with Crippen LogP contribution in [0, 0.1) is 11.3 Å². The summed E-state index contributed by atoms with van der Waals surface area (Å²) >= 11 is 0. The highest BCUT2D eigenvalue weighted by atomic mass is 16.2.